The Kier molecular flexibility index (Phi) is 4.98. The van der Waals surface area contributed by atoms with Crippen molar-refractivity contribution < 1.29 is 22.6 Å². The number of hydrogen-bond acceptors (Lipinski definition) is 3. The number of rotatable bonds is 6. The molecule has 2 unspecified atom stereocenters. The van der Waals surface area contributed by atoms with E-state index in [-0.39, 0.29) is 25.3 Å². The molecule has 21 heavy (non-hydrogen) atoms. The third-order valence-electron chi connectivity index (χ3n) is 3.53. The second-order valence-corrected chi connectivity index (χ2v) is 5.41. The average molecular weight is 303 g/mol. The summed E-state index contributed by atoms with van der Waals surface area (Å²) in [7, 11) is 0. The normalized spacial score (nSPS) is 16.8. The lowest BCUT2D eigenvalue weighted by Crippen LogP contribution is -2.29. The molecule has 0 spiro atoms. The molecule has 6 heteroatoms. The molecule has 0 bridgehead atoms. The fraction of sp³-hybridized carbons (Fsp3) is 0.600. The summed E-state index contributed by atoms with van der Waals surface area (Å²) in [4.78, 5) is 0. The maximum Gasteiger partial charge on any atom is 0.389 e. The fourth-order valence-corrected chi connectivity index (χ4v) is 2.40. The largest absolute Gasteiger partial charge is 0.454 e. The Morgan fingerprint density at radius 2 is 1.90 bits per heavy atom. The van der Waals surface area contributed by atoms with Crippen LogP contribution in [0.5, 0.6) is 11.5 Å². The van der Waals surface area contributed by atoms with Crippen LogP contribution in [0.2, 0.25) is 0 Å². The lowest BCUT2D eigenvalue weighted by atomic mass is 10.0. The number of ether oxygens (including phenoxy) is 2. The molecule has 1 aromatic carbocycles. The van der Waals surface area contributed by atoms with Crippen LogP contribution in [0.3, 0.4) is 0 Å². The van der Waals surface area contributed by atoms with Crippen LogP contribution >= 0.6 is 0 Å². The van der Waals surface area contributed by atoms with Gasteiger partial charge in [0.25, 0.3) is 0 Å². The van der Waals surface area contributed by atoms with Gasteiger partial charge in [-0.15, -0.1) is 0 Å². The first kappa shape index (κ1) is 15.9. The van der Waals surface area contributed by atoms with Crippen LogP contribution in [0.15, 0.2) is 18.2 Å². The molecule has 0 radical (unpaired) electrons. The van der Waals surface area contributed by atoms with Gasteiger partial charge >= 0.3 is 6.18 Å². The molecule has 3 nitrogen and oxygen atoms in total. The molecule has 1 aromatic rings. The van der Waals surface area contributed by atoms with Crippen LogP contribution in [0.25, 0.3) is 0 Å². The third-order valence-corrected chi connectivity index (χ3v) is 3.53. The molecule has 1 heterocycles. The van der Waals surface area contributed by atoms with Crippen LogP contribution in [0, 0.1) is 0 Å². The molecule has 0 aliphatic carbocycles. The van der Waals surface area contributed by atoms with Crippen molar-refractivity contribution in [1.29, 1.82) is 0 Å². The van der Waals surface area contributed by atoms with Crippen LogP contribution in [0.4, 0.5) is 13.2 Å². The summed E-state index contributed by atoms with van der Waals surface area (Å²) < 4.78 is 46.9. The van der Waals surface area contributed by atoms with Crippen molar-refractivity contribution in [2.24, 2.45) is 0 Å². The van der Waals surface area contributed by atoms with Crippen molar-refractivity contribution in [3.63, 3.8) is 0 Å². The zero-order valence-electron chi connectivity index (χ0n) is 12.2. The zero-order valence-corrected chi connectivity index (χ0v) is 12.2. The first-order valence-electron chi connectivity index (χ1n) is 7.07. The summed E-state index contributed by atoms with van der Waals surface area (Å²) in [5.41, 5.74) is 1.03. The van der Waals surface area contributed by atoms with E-state index in [9.17, 15) is 13.2 Å². The van der Waals surface area contributed by atoms with Crippen molar-refractivity contribution in [2.75, 3.05) is 6.79 Å². The van der Waals surface area contributed by atoms with Gasteiger partial charge in [-0.2, -0.15) is 13.2 Å². The van der Waals surface area contributed by atoms with Crippen LogP contribution in [0.1, 0.15) is 44.7 Å². The molecule has 0 fully saturated rings. The molecule has 0 aromatic heterocycles. The SMILES string of the molecule is CC(CCCC(F)(F)F)NC(C)c1ccc2c(c1)OCO2. The topological polar surface area (TPSA) is 30.5 Å². The first-order chi connectivity index (χ1) is 9.85. The number of halogens is 3. The highest BCUT2D eigenvalue weighted by Crippen LogP contribution is 2.34. The van der Waals surface area contributed by atoms with E-state index in [4.69, 9.17) is 9.47 Å². The van der Waals surface area contributed by atoms with Crippen molar-refractivity contribution >= 4 is 0 Å². The van der Waals surface area contributed by atoms with E-state index in [0.29, 0.717) is 12.2 Å². The molecular formula is C15H20F3NO2. The minimum atomic E-state index is -4.07. The molecule has 1 N–H and O–H groups in total. The summed E-state index contributed by atoms with van der Waals surface area (Å²) >= 11 is 0. The molecule has 1 aliphatic rings. The molecule has 0 saturated heterocycles. The molecule has 0 saturated carbocycles. The Bertz CT molecular complexity index is 476. The average Bonchev–Trinajstić information content (AvgIpc) is 2.83. The van der Waals surface area contributed by atoms with Crippen LogP contribution in [-0.4, -0.2) is 19.0 Å². The number of alkyl halides is 3. The lowest BCUT2D eigenvalue weighted by molar-refractivity contribution is -0.135. The Morgan fingerprint density at radius 3 is 2.62 bits per heavy atom. The maximum absolute atomic E-state index is 12.1. The standard InChI is InChI=1S/C15H20F3NO2/c1-10(4-3-7-15(16,17)18)19-11(2)12-5-6-13-14(8-12)21-9-20-13/h5-6,8,10-11,19H,3-4,7,9H2,1-2H3. The van der Waals surface area contributed by atoms with Crippen molar-refractivity contribution in [1.82, 2.24) is 5.32 Å². The summed E-state index contributed by atoms with van der Waals surface area (Å²) in [5.74, 6) is 1.44. The number of nitrogens with one attached hydrogen (secondary N) is 1. The molecule has 118 valence electrons. The van der Waals surface area contributed by atoms with E-state index >= 15 is 0 Å². The van der Waals surface area contributed by atoms with Crippen LogP contribution in [-0.2, 0) is 0 Å². The van der Waals surface area contributed by atoms with E-state index in [2.05, 4.69) is 5.32 Å². The molecular weight excluding hydrogens is 283 g/mol. The summed E-state index contributed by atoms with van der Waals surface area (Å²) in [6, 6.07) is 5.76. The highest BCUT2D eigenvalue weighted by atomic mass is 19.4. The highest BCUT2D eigenvalue weighted by molar-refractivity contribution is 5.45. The highest BCUT2D eigenvalue weighted by Gasteiger charge is 2.26. The Morgan fingerprint density at radius 1 is 1.19 bits per heavy atom. The summed E-state index contributed by atoms with van der Waals surface area (Å²) in [6.07, 6.45) is -4.15. The second kappa shape index (κ2) is 6.56. The molecule has 2 atom stereocenters. The van der Waals surface area contributed by atoms with Crippen molar-refractivity contribution in [2.45, 2.75) is 51.4 Å². The van der Waals surface area contributed by atoms with Crippen molar-refractivity contribution in [3.05, 3.63) is 23.8 Å². The Balaban J connectivity index is 1.82. The molecule has 0 amide bonds. The van der Waals surface area contributed by atoms with Gasteiger partial charge in [-0.1, -0.05) is 6.07 Å². The Hall–Kier alpha value is -1.43. The Labute approximate surface area is 122 Å². The minimum Gasteiger partial charge on any atom is -0.454 e. The first-order valence-corrected chi connectivity index (χ1v) is 7.07. The van der Waals surface area contributed by atoms with Gasteiger partial charge in [-0.25, -0.2) is 0 Å². The monoisotopic (exact) mass is 303 g/mol. The predicted molar refractivity (Wildman–Crippen MR) is 73.5 cm³/mol. The smallest absolute Gasteiger partial charge is 0.389 e. The van der Waals surface area contributed by atoms with Crippen LogP contribution < -0.4 is 14.8 Å². The van der Waals surface area contributed by atoms with E-state index in [1.54, 1.807) is 0 Å². The lowest BCUT2D eigenvalue weighted by Gasteiger charge is -2.21. The third kappa shape index (κ3) is 4.81. The number of fused-ring (bicyclic) bond motifs is 1. The van der Waals surface area contributed by atoms with Gasteiger partial charge in [0.15, 0.2) is 11.5 Å². The van der Waals surface area contributed by atoms with E-state index in [1.807, 2.05) is 32.0 Å². The fourth-order valence-electron chi connectivity index (χ4n) is 2.40. The zero-order chi connectivity index (χ0) is 15.5. The minimum absolute atomic E-state index is 0.0211. The maximum atomic E-state index is 12.1. The quantitative estimate of drug-likeness (QED) is 0.855. The predicted octanol–water partition coefficient (Wildman–Crippen LogP) is 4.19. The van der Waals surface area contributed by atoms with Gasteiger partial charge in [0.05, 0.1) is 0 Å². The van der Waals surface area contributed by atoms with E-state index < -0.39 is 12.6 Å². The van der Waals surface area contributed by atoms with Gasteiger partial charge in [0.2, 0.25) is 6.79 Å². The number of benzene rings is 1. The van der Waals surface area contributed by atoms with Crippen molar-refractivity contribution in [3.8, 4) is 11.5 Å². The van der Waals surface area contributed by atoms with Gasteiger partial charge in [0, 0.05) is 18.5 Å². The summed E-state index contributed by atoms with van der Waals surface area (Å²) in [5, 5.41) is 3.31. The molecule has 2 rings (SSSR count). The van der Waals surface area contributed by atoms with Gasteiger partial charge < -0.3 is 14.8 Å². The van der Waals surface area contributed by atoms with E-state index in [1.165, 1.54) is 0 Å². The van der Waals surface area contributed by atoms with Gasteiger partial charge in [0.1, 0.15) is 0 Å². The molecule has 1 aliphatic heterocycles. The summed E-state index contributed by atoms with van der Waals surface area (Å²) in [6.45, 7) is 4.12. The van der Waals surface area contributed by atoms with Gasteiger partial charge in [-0.3, -0.25) is 0 Å². The second-order valence-electron chi connectivity index (χ2n) is 5.41. The number of hydrogen-bond donors (Lipinski definition) is 1. The van der Waals surface area contributed by atoms with E-state index in [0.717, 1.165) is 11.3 Å². The van der Waals surface area contributed by atoms with Gasteiger partial charge in [-0.05, 0) is 44.4 Å².